The molecule has 1 unspecified atom stereocenters. The molecule has 3 fully saturated rings. The first-order chi connectivity index (χ1) is 16.0. The minimum atomic E-state index is -1.33. The van der Waals surface area contributed by atoms with Crippen molar-refractivity contribution >= 4 is 40.8 Å². The molecule has 2 amide bonds. The van der Waals surface area contributed by atoms with Crippen LogP contribution in [0.3, 0.4) is 0 Å². The molecule has 2 N–H and O–H groups in total. The molecule has 2 aromatic carbocycles. The summed E-state index contributed by atoms with van der Waals surface area (Å²) >= 11 is 11.6. The van der Waals surface area contributed by atoms with Crippen LogP contribution < -0.4 is 20.1 Å². The molecule has 3 aliphatic carbocycles. The van der Waals surface area contributed by atoms with Gasteiger partial charge in [-0.2, -0.15) is 0 Å². The molecular weight excluding hydrogens is 486 g/mol. The molecule has 10 heteroatoms. The molecule has 1 aliphatic heterocycles. The second-order valence-electron chi connectivity index (χ2n) is 9.53. The average molecular weight is 507 g/mol. The Bertz CT molecular complexity index is 1220. The van der Waals surface area contributed by atoms with Crippen LogP contribution in [0, 0.1) is 5.82 Å². The van der Waals surface area contributed by atoms with E-state index in [-0.39, 0.29) is 41.4 Å². The van der Waals surface area contributed by atoms with Crippen LogP contribution in [0.1, 0.15) is 43.0 Å². The van der Waals surface area contributed by atoms with Crippen LogP contribution in [0.4, 0.5) is 4.39 Å². The van der Waals surface area contributed by atoms with Crippen molar-refractivity contribution in [2.45, 2.75) is 49.3 Å². The summed E-state index contributed by atoms with van der Waals surface area (Å²) in [6.07, 6.45) is 1.63. The second-order valence-corrected chi connectivity index (χ2v) is 10.4. The van der Waals surface area contributed by atoms with Crippen molar-refractivity contribution in [2.75, 3.05) is 6.61 Å². The fraction of sp³-hybridized carbons (Fsp3) is 0.375. The molecule has 1 atom stereocenters. The van der Waals surface area contributed by atoms with Crippen molar-refractivity contribution in [3.8, 4) is 11.5 Å². The lowest BCUT2D eigenvalue weighted by Crippen LogP contribution is -2.84. The Hall–Kier alpha value is -2.84. The Kier molecular flexibility index (Phi) is 5.29. The number of rotatable bonds is 6. The van der Waals surface area contributed by atoms with Gasteiger partial charge in [-0.25, -0.2) is 4.39 Å². The first-order valence-electron chi connectivity index (χ1n) is 10.7. The van der Waals surface area contributed by atoms with Crippen LogP contribution in [0.25, 0.3) is 0 Å². The van der Waals surface area contributed by atoms with E-state index in [4.69, 9.17) is 32.7 Å². The Balaban J connectivity index is 1.13. The number of fused-ring (bicyclic) bond motifs is 1. The normalized spacial score (nSPS) is 28.5. The van der Waals surface area contributed by atoms with Gasteiger partial charge in [0, 0.05) is 22.2 Å². The van der Waals surface area contributed by atoms with E-state index in [1.165, 1.54) is 18.2 Å². The van der Waals surface area contributed by atoms with E-state index in [0.717, 1.165) is 6.07 Å². The molecule has 0 spiro atoms. The third-order valence-corrected chi connectivity index (χ3v) is 7.17. The standard InChI is InChI=1S/C24H21Cl2FN2O5/c1-22(8-18(30)15-6-13(25)2-5-19(15)34-22)21(32)29-24-10-23(11-24,12-24)28-20(31)9-33-14-3-4-16(26)17(27)7-14/h2-7H,8-12H2,1H3,(H,28,31)(H,29,32). The van der Waals surface area contributed by atoms with Crippen molar-refractivity contribution in [1.29, 1.82) is 0 Å². The van der Waals surface area contributed by atoms with Gasteiger partial charge in [0.05, 0.1) is 17.0 Å². The van der Waals surface area contributed by atoms with Crippen molar-refractivity contribution in [3.05, 3.63) is 57.8 Å². The highest BCUT2D eigenvalue weighted by Crippen LogP contribution is 2.60. The van der Waals surface area contributed by atoms with Gasteiger partial charge in [0.2, 0.25) is 0 Å². The lowest BCUT2D eigenvalue weighted by Gasteiger charge is -2.70. The molecule has 7 nitrogen and oxygen atoms in total. The number of hydrogen-bond donors (Lipinski definition) is 2. The van der Waals surface area contributed by atoms with Gasteiger partial charge in [-0.15, -0.1) is 0 Å². The Labute approximate surface area is 204 Å². The molecule has 6 rings (SSSR count). The van der Waals surface area contributed by atoms with E-state index >= 15 is 0 Å². The minimum Gasteiger partial charge on any atom is -0.484 e. The number of halogens is 3. The van der Waals surface area contributed by atoms with Gasteiger partial charge in [-0.3, -0.25) is 14.4 Å². The van der Waals surface area contributed by atoms with Gasteiger partial charge in [0.15, 0.2) is 18.0 Å². The molecule has 0 aromatic heterocycles. The highest BCUT2D eigenvalue weighted by molar-refractivity contribution is 6.31. The lowest BCUT2D eigenvalue weighted by molar-refractivity contribution is -0.158. The summed E-state index contributed by atoms with van der Waals surface area (Å²) in [7, 11) is 0. The SMILES string of the molecule is CC1(C(=O)NC23CC(NC(=O)COc4ccc(Cl)c(F)c4)(C2)C3)CC(=O)c2cc(Cl)ccc2O1. The van der Waals surface area contributed by atoms with Gasteiger partial charge in [-0.05, 0) is 56.5 Å². The van der Waals surface area contributed by atoms with Gasteiger partial charge >= 0.3 is 0 Å². The van der Waals surface area contributed by atoms with E-state index in [2.05, 4.69) is 10.6 Å². The topological polar surface area (TPSA) is 93.7 Å². The Morgan fingerprint density at radius 1 is 1.09 bits per heavy atom. The summed E-state index contributed by atoms with van der Waals surface area (Å²) in [5.41, 5.74) is -1.79. The molecule has 34 heavy (non-hydrogen) atoms. The first-order valence-corrected chi connectivity index (χ1v) is 11.5. The Morgan fingerprint density at radius 3 is 2.50 bits per heavy atom. The molecule has 178 valence electrons. The summed E-state index contributed by atoms with van der Waals surface area (Å²) in [5, 5.41) is 6.36. The van der Waals surface area contributed by atoms with E-state index in [1.807, 2.05) is 0 Å². The van der Waals surface area contributed by atoms with Crippen LogP contribution in [0.15, 0.2) is 36.4 Å². The highest BCUT2D eigenvalue weighted by Gasteiger charge is 2.70. The molecule has 0 radical (unpaired) electrons. The van der Waals surface area contributed by atoms with Gasteiger partial charge in [0.25, 0.3) is 11.8 Å². The zero-order chi connectivity index (χ0) is 24.3. The average Bonchev–Trinajstić information content (AvgIpc) is 2.72. The molecule has 2 aromatic rings. The second kappa shape index (κ2) is 7.85. The molecule has 4 aliphatic rings. The largest absolute Gasteiger partial charge is 0.484 e. The molecule has 2 bridgehead atoms. The highest BCUT2D eigenvalue weighted by atomic mass is 35.5. The fourth-order valence-electron chi connectivity index (χ4n) is 5.09. The predicted octanol–water partition coefficient (Wildman–Crippen LogP) is 3.84. The summed E-state index contributed by atoms with van der Waals surface area (Å²) in [5.74, 6) is -0.991. The predicted molar refractivity (Wildman–Crippen MR) is 122 cm³/mol. The van der Waals surface area contributed by atoms with Gasteiger partial charge in [0.1, 0.15) is 17.3 Å². The number of amides is 2. The smallest absolute Gasteiger partial charge is 0.264 e. The number of carbonyl (C=O) groups is 3. The maximum atomic E-state index is 13.5. The monoisotopic (exact) mass is 506 g/mol. The number of hydrogen-bond acceptors (Lipinski definition) is 5. The van der Waals surface area contributed by atoms with Crippen LogP contribution in [0.5, 0.6) is 11.5 Å². The van der Waals surface area contributed by atoms with Crippen LogP contribution in [-0.4, -0.2) is 40.9 Å². The minimum absolute atomic E-state index is 0.0246. The third kappa shape index (κ3) is 3.99. The van der Waals surface area contributed by atoms with E-state index in [0.29, 0.717) is 35.6 Å². The number of carbonyl (C=O) groups excluding carboxylic acids is 3. The molecule has 3 saturated carbocycles. The van der Waals surface area contributed by atoms with Crippen molar-refractivity contribution in [1.82, 2.24) is 10.6 Å². The number of ether oxygens (including phenoxy) is 2. The molecular formula is C24H21Cl2FN2O5. The van der Waals surface area contributed by atoms with Gasteiger partial charge in [-0.1, -0.05) is 23.2 Å². The van der Waals surface area contributed by atoms with Crippen LogP contribution in [-0.2, 0) is 9.59 Å². The maximum Gasteiger partial charge on any atom is 0.264 e. The quantitative estimate of drug-likeness (QED) is 0.620. The summed E-state index contributed by atoms with van der Waals surface area (Å²) in [4.78, 5) is 37.9. The van der Waals surface area contributed by atoms with Crippen molar-refractivity contribution in [2.24, 2.45) is 0 Å². The van der Waals surface area contributed by atoms with E-state index in [9.17, 15) is 18.8 Å². The molecule has 0 saturated heterocycles. The number of nitrogens with one attached hydrogen (secondary N) is 2. The number of ketones is 1. The molecule has 1 heterocycles. The lowest BCUT2D eigenvalue weighted by atomic mass is 9.44. The zero-order valence-electron chi connectivity index (χ0n) is 18.2. The summed E-state index contributed by atoms with van der Waals surface area (Å²) in [6.45, 7) is 1.33. The zero-order valence-corrected chi connectivity index (χ0v) is 19.7. The van der Waals surface area contributed by atoms with E-state index < -0.39 is 22.5 Å². The first kappa shape index (κ1) is 22.9. The number of benzene rings is 2. The van der Waals surface area contributed by atoms with Gasteiger partial charge < -0.3 is 20.1 Å². The summed E-state index contributed by atoms with van der Waals surface area (Å²) < 4.78 is 24.7. The van der Waals surface area contributed by atoms with Crippen molar-refractivity contribution < 1.29 is 28.2 Å². The Morgan fingerprint density at radius 2 is 1.79 bits per heavy atom. The van der Waals surface area contributed by atoms with Crippen LogP contribution >= 0.6 is 23.2 Å². The third-order valence-electron chi connectivity index (χ3n) is 6.63. The van der Waals surface area contributed by atoms with E-state index in [1.54, 1.807) is 19.1 Å². The number of Topliss-reactive ketones (excluding diaryl/α,β-unsaturated/α-hetero) is 1. The van der Waals surface area contributed by atoms with Crippen molar-refractivity contribution in [3.63, 3.8) is 0 Å². The maximum absolute atomic E-state index is 13.5. The van der Waals surface area contributed by atoms with Crippen LogP contribution in [0.2, 0.25) is 10.0 Å². The fourth-order valence-corrected chi connectivity index (χ4v) is 5.38. The summed E-state index contributed by atoms with van der Waals surface area (Å²) in [6, 6.07) is 8.69.